The molecule has 5 N–H and O–H groups in total. The number of fused-ring (bicyclic) bond motifs is 4. The van der Waals surface area contributed by atoms with Crippen LogP contribution in [0.2, 0.25) is 5.02 Å². The number of aromatic nitrogens is 4. The fourth-order valence-electron chi connectivity index (χ4n) is 11.5. The Balaban J connectivity index is 0.000000563. The number of nitrogens with one attached hydrogen (secondary N) is 2. The summed E-state index contributed by atoms with van der Waals surface area (Å²) in [5, 5.41) is 9.43. The Kier molecular flexibility index (Phi) is 56.0. The number of nitrogen functional groups attached to an aromatic ring is 1. The van der Waals surface area contributed by atoms with Crippen LogP contribution in [0.1, 0.15) is 116 Å². The van der Waals surface area contributed by atoms with E-state index in [4.69, 9.17) is 27.1 Å². The van der Waals surface area contributed by atoms with E-state index in [-0.39, 0.29) is 129 Å². The number of nitrogens with zero attached hydrogens (tertiary/aromatic N) is 5. The third-order valence-corrected chi connectivity index (χ3v) is 19.7. The Hall–Kier alpha value is -14.3. The molecule has 778 valence electrons. The number of nitrogens with two attached hydrogens (primary N) is 1. The number of amides is 2. The second-order valence-electron chi connectivity index (χ2n) is 28.5. The second kappa shape index (κ2) is 63.9. The Morgan fingerprint density at radius 3 is 1.27 bits per heavy atom. The Bertz CT molecular complexity index is 7000. The van der Waals surface area contributed by atoms with Crippen LogP contribution in [0.3, 0.4) is 0 Å². The molecule has 2 radical (unpaired) electrons. The van der Waals surface area contributed by atoms with E-state index in [0.29, 0.717) is 103 Å². The van der Waals surface area contributed by atoms with Crippen molar-refractivity contribution in [2.45, 2.75) is 80.5 Å². The van der Waals surface area contributed by atoms with Crippen LogP contribution in [-0.2, 0) is 81.4 Å². The molecule has 31 nitrogen and oxygen atoms in total. The predicted molar refractivity (Wildman–Crippen MR) is 547 cm³/mol. The first-order valence-electron chi connectivity index (χ1n) is 40.8. The Labute approximate surface area is 870 Å². The zero-order valence-corrected chi connectivity index (χ0v) is 84.8. The number of methoxy groups -OCH3 is 8. The standard InChI is InChI=1S/C18H12BrF2NO2.C18H13F2NO2.C13H14FNO4.C12H9ClFNO2.C12H10FNO3.C7H8FN.C6H5BFO2.C6H8O5.C4H5NO2.2CH4.BHNS.Cl3OP/c1-24-18(23)15-8-14(10-2-5-12(20)6-3-10)13-7-4-11(9-19)16(21)17(13)22-15;1-10-3-8-13-14(11-4-6-12(19)7-5-11)9-15(18(22)23-2)21-17(13)16(10)20;1-8-5-4-6-9(12(8)14)15-10(13(17)19-3)7-11(16)18-2;1-6-3-4-7-8(13)5-9(12(16)17-2)15-11(7)10(6)14;1-6-3-4-7-9(15)5-8(12(16)17-2)14-11(7)10(6)13;1-5-3-2-4-6(9)7(5)8;8-5-1-3-6(4-2-5)10-7-9;1-10-5(8)3-4(7)6(9)11-2;6-3-1-2-4(7)5-3;;;1-2-3;1-5(2,3)4/h2-8H,9H2,1H3;3-9H,1-2H3;4-6H,7H2,1-3H3;3-5H,1-2H3;3-5H,1-2H3,(H,14,15);2-4H,9H2,1H3;1-4,9H;3H2,1-2H3;1-2H2,(H,5,6,7);2*1H4;3H;. The van der Waals surface area contributed by atoms with Gasteiger partial charge >= 0.3 is 85.4 Å². The van der Waals surface area contributed by atoms with Crippen molar-refractivity contribution >= 4 is 221 Å². The van der Waals surface area contributed by atoms with Gasteiger partial charge in [0.2, 0.25) is 11.8 Å². The molecule has 49 heteroatoms. The molecular formula is C98H93B2BrCl4F9N8O23PS. The van der Waals surface area contributed by atoms with Gasteiger partial charge in [0.25, 0.3) is 5.78 Å². The average molecular weight is 2230 g/mol. The SMILES string of the molecule is C.C.COC(=O)CC(=Nc1cccc(C)c1F)C(=O)OC.COC(=O)CC(=O)C(=O)OC.COC(=O)c1cc(-c2ccc(F)cc2)c2ccc(C)c(F)c2n1.COC(=O)c1cc(-c2ccc(F)cc2)c2ccc(CBr)c(F)c2n1.COC(=O)c1cc(=O)c2ccc(C)c(F)c2[nH]1.COC(=O)c1cc(Cl)c2ccc(C)c(F)c2n1.Cc1cccc(N)c1F.O=C1CCC(=O)N1.O=P(Cl)(Cl)Cl.O[B]Oc1ccc(F)cc1.[B]=NS. The monoisotopic (exact) mass is 2220 g/mol. The molecule has 1 saturated heterocycles. The molecule has 5 heterocycles. The molecule has 1 aliphatic rings. The summed E-state index contributed by atoms with van der Waals surface area (Å²) in [6.07, 6.45) is -0.197. The molecule has 4 aromatic heterocycles. The van der Waals surface area contributed by atoms with Crippen molar-refractivity contribution in [1.82, 2.24) is 25.3 Å². The topological polar surface area (TPSA) is 442 Å². The maximum atomic E-state index is 14.7. The van der Waals surface area contributed by atoms with Gasteiger partial charge in [-0.05, 0) is 203 Å². The predicted octanol–water partition coefficient (Wildman–Crippen LogP) is 21.4. The number of hydrogen-bond donors (Lipinski definition) is 5. The van der Waals surface area contributed by atoms with Crippen molar-refractivity contribution in [2.24, 2.45) is 9.29 Å². The van der Waals surface area contributed by atoms with Gasteiger partial charge in [-0.1, -0.05) is 133 Å². The van der Waals surface area contributed by atoms with Gasteiger partial charge in [-0.2, -0.15) is 0 Å². The Morgan fingerprint density at radius 1 is 0.483 bits per heavy atom. The number of H-pyrrole nitrogens is 1. The number of carbonyl (C=O) groups excluding carboxylic acids is 11. The van der Waals surface area contributed by atoms with E-state index in [0.717, 1.165) is 27.4 Å². The summed E-state index contributed by atoms with van der Waals surface area (Å²) in [5.74, 6) is -10.6. The van der Waals surface area contributed by atoms with E-state index in [1.165, 1.54) is 120 Å². The zero-order chi connectivity index (χ0) is 109. The number of hydrogen-bond acceptors (Lipinski definition) is 30. The molecule has 0 atom stereocenters. The van der Waals surface area contributed by atoms with Crippen molar-refractivity contribution in [3.8, 4) is 28.0 Å². The number of ether oxygens (including phenoxy) is 8. The van der Waals surface area contributed by atoms with Gasteiger partial charge in [0, 0.05) is 51.3 Å². The number of anilines is 1. The number of pyridine rings is 4. The van der Waals surface area contributed by atoms with Crippen LogP contribution < -0.4 is 21.1 Å². The summed E-state index contributed by atoms with van der Waals surface area (Å²) in [7, 11) is 14.3. The molecule has 2 amide bonds. The molecule has 0 spiro atoms. The first kappa shape index (κ1) is 129. The number of esters is 8. The number of Topliss-reactive ketones (excluding diaryl/α,β-unsaturated/α-hetero) is 1. The molecule has 14 rings (SSSR count). The van der Waals surface area contributed by atoms with Gasteiger partial charge in [0.15, 0.2) is 34.4 Å². The minimum absolute atomic E-state index is 0. The summed E-state index contributed by atoms with van der Waals surface area (Å²) in [5.41, 5.74) is 10.2. The first-order chi connectivity index (χ1) is 68.5. The number of thiol groups is 1. The van der Waals surface area contributed by atoms with Crippen LogP contribution >= 0.6 is 79.3 Å². The summed E-state index contributed by atoms with van der Waals surface area (Å²) in [6.45, 7) is 8.09. The maximum absolute atomic E-state index is 14.7. The van der Waals surface area contributed by atoms with E-state index >= 15 is 0 Å². The second-order valence-corrected chi connectivity index (χ2v) is 36.4. The number of alkyl halides is 1. The molecule has 13 aromatic rings. The number of aryl methyl sites for hydroxylation is 5. The van der Waals surface area contributed by atoms with E-state index in [9.17, 15) is 102 Å². The van der Waals surface area contributed by atoms with Gasteiger partial charge in [-0.3, -0.25) is 38.6 Å². The summed E-state index contributed by atoms with van der Waals surface area (Å²) < 4.78 is 174. The van der Waals surface area contributed by atoms with Crippen molar-refractivity contribution < 1.29 is 144 Å². The van der Waals surface area contributed by atoms with Gasteiger partial charge in [-0.25, -0.2) is 88.2 Å². The molecular weight excluding hydrogens is 2130 g/mol. The van der Waals surface area contributed by atoms with Crippen LogP contribution in [0, 0.1) is 87.0 Å². The third kappa shape index (κ3) is 40.6. The third-order valence-electron chi connectivity index (χ3n) is 18.8. The van der Waals surface area contributed by atoms with Gasteiger partial charge in [0.05, 0.1) is 85.2 Å². The molecule has 1 fully saturated rings. The van der Waals surface area contributed by atoms with E-state index in [1.54, 1.807) is 126 Å². The average Bonchev–Trinajstić information content (AvgIpc) is 0.889. The van der Waals surface area contributed by atoms with E-state index in [2.05, 4.69) is 142 Å². The minimum atomic E-state index is -3.22. The molecule has 1 aliphatic heterocycles. The van der Waals surface area contributed by atoms with Crippen molar-refractivity contribution in [3.63, 3.8) is 0 Å². The van der Waals surface area contributed by atoms with Crippen LogP contribution in [0.25, 0.3) is 65.9 Å². The van der Waals surface area contributed by atoms with E-state index in [1.807, 2.05) is 0 Å². The number of carbonyl (C=O) groups is 11. The van der Waals surface area contributed by atoms with Crippen LogP contribution in [0.4, 0.5) is 50.9 Å². The van der Waals surface area contributed by atoms with Crippen molar-refractivity contribution in [3.05, 3.63) is 306 Å². The van der Waals surface area contributed by atoms with E-state index < -0.39 is 99.7 Å². The number of aliphatic imine (C=N–C) groups is 1. The molecule has 0 aliphatic carbocycles. The molecule has 0 saturated carbocycles. The number of rotatable bonds is 16. The van der Waals surface area contributed by atoms with Crippen molar-refractivity contribution in [2.75, 3.05) is 62.6 Å². The number of halogens is 14. The Morgan fingerprint density at radius 2 is 0.864 bits per heavy atom. The fraction of sp³-hybridized carbons (Fsp3) is 0.204. The first-order valence-corrected chi connectivity index (χ1v) is 47.1. The normalized spacial score (nSPS) is 10.6. The number of ketones is 1. The van der Waals surface area contributed by atoms with Crippen LogP contribution in [0.5, 0.6) is 5.75 Å². The molecule has 9 aromatic carbocycles. The van der Waals surface area contributed by atoms with Crippen LogP contribution in [-0.4, -0.2) is 168 Å². The fourth-order valence-corrected chi connectivity index (χ4v) is 12.2. The molecule has 0 unspecified atom stereocenters. The number of imide groups is 1. The number of aromatic amines is 1. The molecule has 147 heavy (non-hydrogen) atoms. The van der Waals surface area contributed by atoms with Crippen molar-refractivity contribution in [1.29, 1.82) is 0 Å². The van der Waals surface area contributed by atoms with Gasteiger partial charge < -0.3 is 58.3 Å². The van der Waals surface area contributed by atoms with Gasteiger partial charge in [0.1, 0.15) is 80.6 Å². The number of benzene rings is 9. The zero-order valence-electron chi connectivity index (χ0n) is 78.4. The summed E-state index contributed by atoms with van der Waals surface area (Å²) in [4.78, 5) is 151. The molecule has 0 bridgehead atoms. The van der Waals surface area contributed by atoms with Gasteiger partial charge in [-0.15, -0.1) is 0 Å². The summed E-state index contributed by atoms with van der Waals surface area (Å²) in [6, 6.07) is 45.0. The quantitative estimate of drug-likeness (QED) is 0.00487. The summed E-state index contributed by atoms with van der Waals surface area (Å²) >= 11 is 26.2. The van der Waals surface area contributed by atoms with Crippen LogP contribution in [0.15, 0.2) is 196 Å².